The second kappa shape index (κ2) is 6.90. The third kappa shape index (κ3) is 4.07. The summed E-state index contributed by atoms with van der Waals surface area (Å²) in [6, 6.07) is 13.4. The van der Waals surface area contributed by atoms with Crippen LogP contribution < -0.4 is 15.8 Å². The molecule has 0 spiro atoms. The van der Waals surface area contributed by atoms with Gasteiger partial charge in [-0.3, -0.25) is 4.79 Å². The fraction of sp³-hybridized carbons (Fsp3) is 0.235. The third-order valence-corrected chi connectivity index (χ3v) is 3.26. The average molecular weight is 284 g/mol. The molecule has 0 aliphatic carbocycles. The number of rotatable bonds is 5. The summed E-state index contributed by atoms with van der Waals surface area (Å²) in [6.07, 6.45) is 0.335. The van der Waals surface area contributed by atoms with Gasteiger partial charge in [-0.25, -0.2) is 0 Å². The van der Waals surface area contributed by atoms with Crippen LogP contribution in [0.2, 0.25) is 0 Å². The molecule has 21 heavy (non-hydrogen) atoms. The Balaban J connectivity index is 2.07. The molecule has 1 amide bonds. The van der Waals surface area contributed by atoms with Gasteiger partial charge in [-0.1, -0.05) is 35.9 Å². The van der Waals surface area contributed by atoms with Crippen molar-refractivity contribution in [3.8, 4) is 5.75 Å². The Hall–Kier alpha value is -2.33. The minimum absolute atomic E-state index is 0.0716. The molecular formula is C17H20N2O2. The normalized spacial score (nSPS) is 10.2. The number of hydrogen-bond donors (Lipinski definition) is 2. The Bertz CT molecular complexity index is 621. The van der Waals surface area contributed by atoms with E-state index in [0.29, 0.717) is 24.4 Å². The molecule has 0 unspecified atom stereocenters. The van der Waals surface area contributed by atoms with Crippen molar-refractivity contribution >= 4 is 11.6 Å². The predicted molar refractivity (Wildman–Crippen MR) is 84.4 cm³/mol. The van der Waals surface area contributed by atoms with Crippen molar-refractivity contribution in [3.05, 3.63) is 59.2 Å². The monoisotopic (exact) mass is 284 g/mol. The summed E-state index contributed by atoms with van der Waals surface area (Å²) in [5.41, 5.74) is 9.38. The minimum atomic E-state index is -0.0716. The summed E-state index contributed by atoms with van der Waals surface area (Å²) < 4.78 is 5.28. The smallest absolute Gasteiger partial charge is 0.228 e. The number of aryl methyl sites for hydroxylation is 1. The summed E-state index contributed by atoms with van der Waals surface area (Å²) in [4.78, 5) is 12.1. The first-order chi connectivity index (χ1) is 10.1. The molecule has 0 saturated heterocycles. The maximum absolute atomic E-state index is 12.1. The van der Waals surface area contributed by atoms with Gasteiger partial charge in [0.15, 0.2) is 0 Å². The Morgan fingerprint density at radius 1 is 1.14 bits per heavy atom. The lowest BCUT2D eigenvalue weighted by Gasteiger charge is -2.11. The second-order valence-corrected chi connectivity index (χ2v) is 4.95. The zero-order valence-electron chi connectivity index (χ0n) is 12.3. The molecule has 0 bridgehead atoms. The Kier molecular flexibility index (Phi) is 4.95. The quantitative estimate of drug-likeness (QED) is 0.887. The maximum Gasteiger partial charge on any atom is 0.228 e. The molecule has 2 rings (SSSR count). The Morgan fingerprint density at radius 3 is 2.43 bits per heavy atom. The van der Waals surface area contributed by atoms with Crippen LogP contribution in [-0.4, -0.2) is 13.0 Å². The predicted octanol–water partition coefficient (Wildman–Crippen LogP) is 2.64. The van der Waals surface area contributed by atoms with Gasteiger partial charge in [0.2, 0.25) is 5.91 Å². The average Bonchev–Trinajstić information content (AvgIpc) is 2.50. The van der Waals surface area contributed by atoms with E-state index in [2.05, 4.69) is 5.32 Å². The van der Waals surface area contributed by atoms with Gasteiger partial charge in [-0.05, 0) is 30.2 Å². The largest absolute Gasteiger partial charge is 0.495 e. The summed E-state index contributed by atoms with van der Waals surface area (Å²) >= 11 is 0. The lowest BCUT2D eigenvalue weighted by molar-refractivity contribution is -0.115. The van der Waals surface area contributed by atoms with Crippen LogP contribution >= 0.6 is 0 Å². The first-order valence-electron chi connectivity index (χ1n) is 6.84. The molecule has 0 aliphatic heterocycles. The van der Waals surface area contributed by atoms with Crippen molar-refractivity contribution in [2.75, 3.05) is 12.4 Å². The van der Waals surface area contributed by atoms with Gasteiger partial charge in [-0.15, -0.1) is 0 Å². The molecule has 0 fully saturated rings. The highest BCUT2D eigenvalue weighted by atomic mass is 16.5. The van der Waals surface area contributed by atoms with E-state index in [4.69, 9.17) is 10.5 Å². The minimum Gasteiger partial charge on any atom is -0.495 e. The van der Waals surface area contributed by atoms with Crippen molar-refractivity contribution in [1.29, 1.82) is 0 Å². The SMILES string of the molecule is COc1cc(CN)ccc1NC(=O)Cc1ccc(C)cc1. The molecule has 0 atom stereocenters. The van der Waals surface area contributed by atoms with E-state index >= 15 is 0 Å². The molecule has 0 aliphatic rings. The molecule has 0 radical (unpaired) electrons. The van der Waals surface area contributed by atoms with Crippen molar-refractivity contribution < 1.29 is 9.53 Å². The number of benzene rings is 2. The van der Waals surface area contributed by atoms with Crippen LogP contribution in [-0.2, 0) is 17.8 Å². The zero-order chi connectivity index (χ0) is 15.2. The Labute approximate surface area is 124 Å². The van der Waals surface area contributed by atoms with Crippen molar-refractivity contribution in [2.45, 2.75) is 19.9 Å². The molecule has 0 heterocycles. The number of methoxy groups -OCH3 is 1. The van der Waals surface area contributed by atoms with Crippen LogP contribution in [0.15, 0.2) is 42.5 Å². The van der Waals surface area contributed by atoms with Gasteiger partial charge in [0.1, 0.15) is 5.75 Å². The van der Waals surface area contributed by atoms with Crippen LogP contribution in [0.4, 0.5) is 5.69 Å². The van der Waals surface area contributed by atoms with Crippen molar-refractivity contribution in [1.82, 2.24) is 0 Å². The van der Waals surface area contributed by atoms with Gasteiger partial charge < -0.3 is 15.8 Å². The van der Waals surface area contributed by atoms with Gasteiger partial charge in [0.25, 0.3) is 0 Å². The number of ether oxygens (including phenoxy) is 1. The second-order valence-electron chi connectivity index (χ2n) is 4.95. The molecular weight excluding hydrogens is 264 g/mol. The third-order valence-electron chi connectivity index (χ3n) is 3.26. The molecule has 3 N–H and O–H groups in total. The van der Waals surface area contributed by atoms with Crippen LogP contribution in [0.3, 0.4) is 0 Å². The molecule has 4 nitrogen and oxygen atoms in total. The first kappa shape index (κ1) is 15.1. The number of hydrogen-bond acceptors (Lipinski definition) is 3. The maximum atomic E-state index is 12.1. The fourth-order valence-electron chi connectivity index (χ4n) is 2.05. The molecule has 2 aromatic carbocycles. The van der Waals surface area contributed by atoms with Gasteiger partial charge in [0.05, 0.1) is 19.2 Å². The standard InChI is InChI=1S/C17H20N2O2/c1-12-3-5-13(6-4-12)10-17(20)19-15-8-7-14(11-18)9-16(15)21-2/h3-9H,10-11,18H2,1-2H3,(H,19,20). The van der Waals surface area contributed by atoms with Gasteiger partial charge >= 0.3 is 0 Å². The number of amides is 1. The van der Waals surface area contributed by atoms with Crippen LogP contribution in [0.5, 0.6) is 5.75 Å². The van der Waals surface area contributed by atoms with Crippen molar-refractivity contribution in [2.24, 2.45) is 5.73 Å². The van der Waals surface area contributed by atoms with Gasteiger partial charge in [-0.2, -0.15) is 0 Å². The summed E-state index contributed by atoms with van der Waals surface area (Å²) in [5.74, 6) is 0.549. The first-order valence-corrected chi connectivity index (χ1v) is 6.84. The number of carbonyl (C=O) groups is 1. The van der Waals surface area contributed by atoms with E-state index in [9.17, 15) is 4.79 Å². The summed E-state index contributed by atoms with van der Waals surface area (Å²) in [6.45, 7) is 2.46. The van der Waals surface area contributed by atoms with E-state index < -0.39 is 0 Å². The summed E-state index contributed by atoms with van der Waals surface area (Å²) in [5, 5.41) is 2.87. The number of carbonyl (C=O) groups excluding carboxylic acids is 1. The van der Waals surface area contributed by atoms with Crippen molar-refractivity contribution in [3.63, 3.8) is 0 Å². The molecule has 4 heteroatoms. The van der Waals surface area contributed by atoms with Crippen LogP contribution in [0, 0.1) is 6.92 Å². The van der Waals surface area contributed by atoms with E-state index in [0.717, 1.165) is 11.1 Å². The van der Waals surface area contributed by atoms with E-state index in [-0.39, 0.29) is 5.91 Å². The lowest BCUT2D eigenvalue weighted by atomic mass is 10.1. The number of anilines is 1. The number of nitrogens with one attached hydrogen (secondary N) is 1. The molecule has 110 valence electrons. The number of nitrogens with two attached hydrogens (primary N) is 1. The zero-order valence-corrected chi connectivity index (χ0v) is 12.3. The highest BCUT2D eigenvalue weighted by Gasteiger charge is 2.09. The van der Waals surface area contributed by atoms with E-state index in [1.165, 1.54) is 5.56 Å². The van der Waals surface area contributed by atoms with E-state index in [1.54, 1.807) is 7.11 Å². The highest BCUT2D eigenvalue weighted by molar-refractivity contribution is 5.93. The molecule has 0 saturated carbocycles. The summed E-state index contributed by atoms with van der Waals surface area (Å²) in [7, 11) is 1.57. The highest BCUT2D eigenvalue weighted by Crippen LogP contribution is 2.25. The van der Waals surface area contributed by atoms with Gasteiger partial charge in [0, 0.05) is 6.54 Å². The molecule has 2 aromatic rings. The van der Waals surface area contributed by atoms with E-state index in [1.807, 2.05) is 49.4 Å². The topological polar surface area (TPSA) is 64.3 Å². The van der Waals surface area contributed by atoms with Crippen LogP contribution in [0.1, 0.15) is 16.7 Å². The lowest BCUT2D eigenvalue weighted by Crippen LogP contribution is -2.15. The fourth-order valence-corrected chi connectivity index (χ4v) is 2.05. The molecule has 0 aromatic heterocycles. The van der Waals surface area contributed by atoms with Crippen LogP contribution in [0.25, 0.3) is 0 Å². The Morgan fingerprint density at radius 2 is 1.81 bits per heavy atom.